The summed E-state index contributed by atoms with van der Waals surface area (Å²) in [5, 5.41) is 32.5. The molecule has 0 fully saturated rings. The summed E-state index contributed by atoms with van der Waals surface area (Å²) < 4.78 is 5.82. The van der Waals surface area contributed by atoms with Crippen LogP contribution in [0.15, 0.2) is 66.7 Å². The monoisotopic (exact) mass is 486 g/mol. The summed E-state index contributed by atoms with van der Waals surface area (Å²) in [6, 6.07) is 22.3. The number of nitrogens with zero attached hydrogens (tertiary/aromatic N) is 1. The molecular formula is C30H34N2O4. The molecule has 0 aliphatic carbocycles. The van der Waals surface area contributed by atoms with Gasteiger partial charge in [-0.15, -0.1) is 0 Å². The number of β-amino-alcohol motifs (C(OH)–C–C–N with tert-alkyl or cyclic N) is 1. The first-order chi connectivity index (χ1) is 17.2. The molecule has 3 aromatic carbocycles. The molecule has 0 aliphatic rings. The average Bonchev–Trinajstić information content (AvgIpc) is 2.87. The van der Waals surface area contributed by atoms with Crippen LogP contribution in [0.5, 0.6) is 5.75 Å². The first kappa shape index (κ1) is 26.9. The van der Waals surface area contributed by atoms with Crippen LogP contribution in [0.1, 0.15) is 53.7 Å². The van der Waals surface area contributed by atoms with Crippen molar-refractivity contribution in [2.75, 3.05) is 13.2 Å². The van der Waals surface area contributed by atoms with E-state index in [-0.39, 0.29) is 17.7 Å². The molecule has 6 heteroatoms. The highest BCUT2D eigenvalue weighted by molar-refractivity contribution is 5.88. The fourth-order valence-electron chi connectivity index (χ4n) is 4.06. The number of aromatic carboxylic acids is 1. The molecule has 1 atom stereocenters. The van der Waals surface area contributed by atoms with E-state index in [1.807, 2.05) is 0 Å². The number of hydrogen-bond acceptors (Lipinski definition) is 5. The molecule has 0 heterocycles. The number of hydrogen-bond donors (Lipinski definition) is 3. The topological polar surface area (TPSA) is 103 Å². The highest BCUT2D eigenvalue weighted by Crippen LogP contribution is 2.27. The normalized spacial score (nSPS) is 12.1. The van der Waals surface area contributed by atoms with E-state index in [9.17, 15) is 15.2 Å². The van der Waals surface area contributed by atoms with E-state index in [0.29, 0.717) is 17.9 Å². The first-order valence-corrected chi connectivity index (χ1v) is 12.2. The van der Waals surface area contributed by atoms with Gasteiger partial charge in [0, 0.05) is 12.1 Å². The van der Waals surface area contributed by atoms with Crippen LogP contribution >= 0.6 is 0 Å². The summed E-state index contributed by atoms with van der Waals surface area (Å²) in [5.41, 5.74) is 4.73. The molecule has 6 nitrogen and oxygen atoms in total. The average molecular weight is 487 g/mol. The van der Waals surface area contributed by atoms with Crippen molar-refractivity contribution in [1.29, 1.82) is 5.26 Å². The largest absolute Gasteiger partial charge is 0.489 e. The van der Waals surface area contributed by atoms with Crippen molar-refractivity contribution in [2.24, 2.45) is 0 Å². The Morgan fingerprint density at radius 1 is 1.08 bits per heavy atom. The van der Waals surface area contributed by atoms with Crippen LogP contribution < -0.4 is 10.1 Å². The number of benzene rings is 3. The van der Waals surface area contributed by atoms with E-state index in [4.69, 9.17) is 9.84 Å². The number of carboxylic acid groups (broad SMARTS) is 1. The number of ether oxygens (including phenoxy) is 1. The number of rotatable bonds is 12. The lowest BCUT2D eigenvalue weighted by atomic mass is 9.94. The van der Waals surface area contributed by atoms with Gasteiger partial charge in [-0.3, -0.25) is 0 Å². The predicted molar refractivity (Wildman–Crippen MR) is 141 cm³/mol. The van der Waals surface area contributed by atoms with Gasteiger partial charge >= 0.3 is 5.97 Å². The van der Waals surface area contributed by atoms with Crippen molar-refractivity contribution in [1.82, 2.24) is 5.32 Å². The van der Waals surface area contributed by atoms with Crippen LogP contribution in [0, 0.1) is 18.3 Å². The number of carboxylic acids is 1. The summed E-state index contributed by atoms with van der Waals surface area (Å²) in [6.07, 6.45) is 2.29. The predicted octanol–water partition coefficient (Wildman–Crippen LogP) is 5.36. The second kappa shape index (κ2) is 12.3. The van der Waals surface area contributed by atoms with E-state index in [2.05, 4.69) is 56.4 Å². The molecule has 0 bridgehead atoms. The van der Waals surface area contributed by atoms with E-state index >= 15 is 0 Å². The standard InChI is InChI=1S/C30H34N2O4/c1-21-7-4-5-8-22(21)9-6-16-30(2,3)32-19-27(33)20-36-28-17-25(14-15-26(28)18-31)23-10-12-24(13-11-23)29(34)35/h4-5,7-8,10-15,17,27,32-33H,6,9,16,19-20H2,1-3H3,(H,34,35)/t27-/m0/s1. The van der Waals surface area contributed by atoms with Crippen molar-refractivity contribution in [3.8, 4) is 22.9 Å². The van der Waals surface area contributed by atoms with Gasteiger partial charge in [-0.2, -0.15) is 5.26 Å². The Morgan fingerprint density at radius 3 is 2.44 bits per heavy atom. The maximum absolute atomic E-state index is 11.1. The zero-order valence-corrected chi connectivity index (χ0v) is 21.1. The Kier molecular flexibility index (Phi) is 9.24. The number of nitrogens with one attached hydrogen (secondary N) is 1. The lowest BCUT2D eigenvalue weighted by Gasteiger charge is -2.28. The Hall–Kier alpha value is -3.66. The molecule has 0 saturated carbocycles. The van der Waals surface area contributed by atoms with Gasteiger partial charge in [0.15, 0.2) is 0 Å². The molecule has 36 heavy (non-hydrogen) atoms. The highest BCUT2D eigenvalue weighted by Gasteiger charge is 2.19. The number of aryl methyl sites for hydroxylation is 2. The lowest BCUT2D eigenvalue weighted by Crippen LogP contribution is -2.44. The maximum Gasteiger partial charge on any atom is 0.335 e. The van der Waals surface area contributed by atoms with Crippen LogP contribution in [0.2, 0.25) is 0 Å². The van der Waals surface area contributed by atoms with Gasteiger partial charge in [-0.1, -0.05) is 42.5 Å². The van der Waals surface area contributed by atoms with Crippen molar-refractivity contribution >= 4 is 5.97 Å². The Labute approximate surface area is 213 Å². The summed E-state index contributed by atoms with van der Waals surface area (Å²) >= 11 is 0. The van der Waals surface area contributed by atoms with Crippen molar-refractivity contribution in [3.63, 3.8) is 0 Å². The molecule has 0 amide bonds. The number of aliphatic hydroxyl groups is 1. The fourth-order valence-corrected chi connectivity index (χ4v) is 4.06. The van der Waals surface area contributed by atoms with E-state index in [1.165, 1.54) is 23.3 Å². The fraction of sp³-hybridized carbons (Fsp3) is 0.333. The minimum absolute atomic E-state index is 0.0440. The van der Waals surface area contributed by atoms with Crippen LogP contribution in [-0.4, -0.2) is 41.0 Å². The molecular weight excluding hydrogens is 452 g/mol. The van der Waals surface area contributed by atoms with E-state index in [1.54, 1.807) is 30.3 Å². The molecule has 0 aromatic heterocycles. The minimum Gasteiger partial charge on any atom is -0.489 e. The molecule has 0 unspecified atom stereocenters. The number of aliphatic hydroxyl groups excluding tert-OH is 1. The molecule has 0 saturated heterocycles. The summed E-state index contributed by atoms with van der Waals surface area (Å²) in [5.74, 6) is -0.601. The summed E-state index contributed by atoms with van der Waals surface area (Å²) in [6.45, 7) is 6.81. The summed E-state index contributed by atoms with van der Waals surface area (Å²) in [7, 11) is 0. The third-order valence-corrected chi connectivity index (χ3v) is 6.32. The smallest absolute Gasteiger partial charge is 0.335 e. The minimum atomic E-state index is -0.984. The number of carbonyl (C=O) groups is 1. The molecule has 3 rings (SSSR count). The molecule has 3 N–H and O–H groups in total. The van der Waals surface area contributed by atoms with Gasteiger partial charge in [-0.05, 0) is 86.6 Å². The SMILES string of the molecule is Cc1ccccc1CCCC(C)(C)NC[C@H](O)COc1cc(-c2ccc(C(=O)O)cc2)ccc1C#N. The van der Waals surface area contributed by atoms with Gasteiger partial charge in [0.05, 0.1) is 11.1 Å². The third-order valence-electron chi connectivity index (χ3n) is 6.32. The highest BCUT2D eigenvalue weighted by atomic mass is 16.5. The maximum atomic E-state index is 11.1. The van der Waals surface area contributed by atoms with Crippen LogP contribution in [0.25, 0.3) is 11.1 Å². The van der Waals surface area contributed by atoms with Crippen LogP contribution in [-0.2, 0) is 6.42 Å². The Bertz CT molecular complexity index is 1210. The third kappa shape index (κ3) is 7.67. The van der Waals surface area contributed by atoms with Crippen LogP contribution in [0.3, 0.4) is 0 Å². The zero-order valence-electron chi connectivity index (χ0n) is 21.1. The lowest BCUT2D eigenvalue weighted by molar-refractivity contribution is 0.0697. The van der Waals surface area contributed by atoms with Crippen molar-refractivity contribution < 1.29 is 19.7 Å². The molecule has 0 radical (unpaired) electrons. The quantitative estimate of drug-likeness (QED) is 0.318. The van der Waals surface area contributed by atoms with Crippen molar-refractivity contribution in [2.45, 2.75) is 51.7 Å². The molecule has 188 valence electrons. The number of nitriles is 1. The van der Waals surface area contributed by atoms with Crippen LogP contribution in [0.4, 0.5) is 0 Å². The molecule has 0 spiro atoms. The second-order valence-electron chi connectivity index (χ2n) is 9.71. The van der Waals surface area contributed by atoms with E-state index < -0.39 is 12.1 Å². The second-order valence-corrected chi connectivity index (χ2v) is 9.71. The zero-order chi connectivity index (χ0) is 26.1. The van der Waals surface area contributed by atoms with E-state index in [0.717, 1.165) is 30.4 Å². The molecule has 0 aliphatic heterocycles. The van der Waals surface area contributed by atoms with Gasteiger partial charge in [-0.25, -0.2) is 4.79 Å². The Morgan fingerprint density at radius 2 is 1.78 bits per heavy atom. The van der Waals surface area contributed by atoms with Gasteiger partial charge in [0.1, 0.15) is 24.5 Å². The van der Waals surface area contributed by atoms with Gasteiger partial charge < -0.3 is 20.3 Å². The first-order valence-electron chi connectivity index (χ1n) is 12.2. The summed E-state index contributed by atoms with van der Waals surface area (Å²) in [4.78, 5) is 11.1. The van der Waals surface area contributed by atoms with Crippen molar-refractivity contribution in [3.05, 3.63) is 89.0 Å². The molecule has 3 aromatic rings. The Balaban J connectivity index is 1.52. The van der Waals surface area contributed by atoms with Gasteiger partial charge in [0.2, 0.25) is 0 Å². The van der Waals surface area contributed by atoms with Gasteiger partial charge in [0.25, 0.3) is 0 Å².